The SMILES string of the molecule is O=C(Nc1cccc(Br)c1)C1CC1C(=O)NC1CCCCC1. The van der Waals surface area contributed by atoms with Crippen LogP contribution in [0.25, 0.3) is 0 Å². The predicted molar refractivity (Wildman–Crippen MR) is 89.4 cm³/mol. The van der Waals surface area contributed by atoms with E-state index in [9.17, 15) is 9.59 Å². The zero-order valence-electron chi connectivity index (χ0n) is 12.5. The van der Waals surface area contributed by atoms with E-state index in [2.05, 4.69) is 26.6 Å². The van der Waals surface area contributed by atoms with Crippen molar-refractivity contribution >= 4 is 33.4 Å². The first-order valence-electron chi connectivity index (χ1n) is 8.00. The number of anilines is 1. The van der Waals surface area contributed by atoms with Gasteiger partial charge in [0.2, 0.25) is 11.8 Å². The van der Waals surface area contributed by atoms with E-state index in [0.717, 1.165) is 23.0 Å². The van der Waals surface area contributed by atoms with E-state index in [1.807, 2.05) is 24.3 Å². The smallest absolute Gasteiger partial charge is 0.228 e. The summed E-state index contributed by atoms with van der Waals surface area (Å²) in [5.41, 5.74) is 0.762. The Morgan fingerprint density at radius 3 is 2.50 bits per heavy atom. The summed E-state index contributed by atoms with van der Waals surface area (Å²) in [5, 5.41) is 6.00. The third-order valence-electron chi connectivity index (χ3n) is 4.51. The van der Waals surface area contributed by atoms with Crippen LogP contribution in [0.2, 0.25) is 0 Å². The molecular formula is C17H21BrN2O2. The van der Waals surface area contributed by atoms with Gasteiger partial charge in [-0.25, -0.2) is 0 Å². The van der Waals surface area contributed by atoms with Crippen molar-refractivity contribution in [3.63, 3.8) is 0 Å². The maximum absolute atomic E-state index is 12.2. The highest BCUT2D eigenvalue weighted by Gasteiger charge is 2.48. The van der Waals surface area contributed by atoms with Crippen molar-refractivity contribution in [3.05, 3.63) is 28.7 Å². The average Bonchev–Trinajstić information content (AvgIpc) is 3.29. The van der Waals surface area contributed by atoms with Gasteiger partial charge in [0.15, 0.2) is 0 Å². The number of rotatable bonds is 4. The molecule has 4 nitrogen and oxygen atoms in total. The number of nitrogens with one attached hydrogen (secondary N) is 2. The van der Waals surface area contributed by atoms with E-state index in [1.54, 1.807) is 0 Å². The van der Waals surface area contributed by atoms with Gasteiger partial charge in [0.05, 0.1) is 11.8 Å². The predicted octanol–water partition coefficient (Wildman–Crippen LogP) is 3.47. The molecule has 5 heteroatoms. The Hall–Kier alpha value is -1.36. The van der Waals surface area contributed by atoms with Gasteiger partial charge in [0.1, 0.15) is 0 Å². The van der Waals surface area contributed by atoms with Gasteiger partial charge in [0, 0.05) is 16.2 Å². The summed E-state index contributed by atoms with van der Waals surface area (Å²) in [6.07, 6.45) is 6.48. The number of hydrogen-bond acceptors (Lipinski definition) is 2. The molecule has 2 atom stereocenters. The zero-order valence-corrected chi connectivity index (χ0v) is 14.1. The Kier molecular flexibility index (Phi) is 4.81. The molecule has 1 aromatic carbocycles. The second kappa shape index (κ2) is 6.82. The molecule has 0 saturated heterocycles. The standard InChI is InChI=1S/C17H21BrN2O2/c18-11-5-4-8-13(9-11)20-17(22)15-10-14(15)16(21)19-12-6-2-1-3-7-12/h4-5,8-9,12,14-15H,1-3,6-7,10H2,(H,19,21)(H,20,22). The molecule has 1 aromatic rings. The second-order valence-corrected chi connectivity index (χ2v) is 7.21. The number of carbonyl (C=O) groups excluding carboxylic acids is 2. The van der Waals surface area contributed by atoms with Crippen LogP contribution in [0.1, 0.15) is 38.5 Å². The molecule has 2 unspecified atom stereocenters. The number of halogens is 1. The normalized spacial score (nSPS) is 24.6. The lowest BCUT2D eigenvalue weighted by molar-refractivity contribution is -0.126. The maximum atomic E-state index is 12.2. The molecular weight excluding hydrogens is 344 g/mol. The summed E-state index contributed by atoms with van der Waals surface area (Å²) in [7, 11) is 0. The van der Waals surface area contributed by atoms with E-state index in [1.165, 1.54) is 19.3 Å². The summed E-state index contributed by atoms with van der Waals surface area (Å²) in [6, 6.07) is 7.81. The number of benzene rings is 1. The van der Waals surface area contributed by atoms with Crippen molar-refractivity contribution in [3.8, 4) is 0 Å². The van der Waals surface area contributed by atoms with Crippen molar-refractivity contribution in [2.75, 3.05) is 5.32 Å². The number of carbonyl (C=O) groups is 2. The van der Waals surface area contributed by atoms with Gasteiger partial charge in [-0.1, -0.05) is 41.3 Å². The molecule has 2 aliphatic carbocycles. The van der Waals surface area contributed by atoms with Crippen LogP contribution < -0.4 is 10.6 Å². The van der Waals surface area contributed by atoms with Crippen LogP contribution in [0.15, 0.2) is 28.7 Å². The van der Waals surface area contributed by atoms with Crippen molar-refractivity contribution in [1.29, 1.82) is 0 Å². The highest BCUT2D eigenvalue weighted by atomic mass is 79.9. The summed E-state index contributed by atoms with van der Waals surface area (Å²) in [5.74, 6) is -0.320. The quantitative estimate of drug-likeness (QED) is 0.859. The third kappa shape index (κ3) is 3.88. The van der Waals surface area contributed by atoms with Gasteiger partial charge in [-0.2, -0.15) is 0 Å². The second-order valence-electron chi connectivity index (χ2n) is 6.29. The highest BCUT2D eigenvalue weighted by Crippen LogP contribution is 2.40. The van der Waals surface area contributed by atoms with Gasteiger partial charge in [0.25, 0.3) is 0 Å². The highest BCUT2D eigenvalue weighted by molar-refractivity contribution is 9.10. The molecule has 2 aliphatic rings. The average molecular weight is 365 g/mol. The van der Waals surface area contributed by atoms with Crippen molar-refractivity contribution in [2.45, 2.75) is 44.6 Å². The monoisotopic (exact) mass is 364 g/mol. The third-order valence-corrected chi connectivity index (χ3v) is 5.00. The Balaban J connectivity index is 1.48. The summed E-state index contributed by atoms with van der Waals surface area (Å²) in [4.78, 5) is 24.4. The first-order valence-corrected chi connectivity index (χ1v) is 8.79. The van der Waals surface area contributed by atoms with Crippen LogP contribution in [0, 0.1) is 11.8 Å². The lowest BCUT2D eigenvalue weighted by Gasteiger charge is -2.22. The molecule has 2 saturated carbocycles. The number of amides is 2. The van der Waals surface area contributed by atoms with E-state index >= 15 is 0 Å². The van der Waals surface area contributed by atoms with Gasteiger partial charge in [-0.05, 0) is 37.5 Å². The van der Waals surface area contributed by atoms with Crippen LogP contribution in [-0.4, -0.2) is 17.9 Å². The van der Waals surface area contributed by atoms with Gasteiger partial charge >= 0.3 is 0 Å². The summed E-state index contributed by atoms with van der Waals surface area (Å²) < 4.78 is 0.924. The molecule has 2 N–H and O–H groups in total. The van der Waals surface area contributed by atoms with Gasteiger partial charge in [-0.3, -0.25) is 9.59 Å². The minimum atomic E-state index is -0.178. The Morgan fingerprint density at radius 2 is 1.77 bits per heavy atom. The van der Waals surface area contributed by atoms with Crippen LogP contribution in [-0.2, 0) is 9.59 Å². The fourth-order valence-electron chi connectivity index (χ4n) is 3.13. The summed E-state index contributed by atoms with van der Waals surface area (Å²) >= 11 is 3.38. The van der Waals surface area contributed by atoms with E-state index < -0.39 is 0 Å². The molecule has 118 valence electrons. The van der Waals surface area contributed by atoms with Crippen LogP contribution in [0.3, 0.4) is 0 Å². The fourth-order valence-corrected chi connectivity index (χ4v) is 3.53. The zero-order chi connectivity index (χ0) is 15.5. The van der Waals surface area contributed by atoms with Crippen molar-refractivity contribution in [1.82, 2.24) is 5.32 Å². The Bertz CT molecular complexity index is 570. The first-order chi connectivity index (χ1) is 10.6. The maximum Gasteiger partial charge on any atom is 0.228 e. The molecule has 0 spiro atoms. The number of hydrogen-bond donors (Lipinski definition) is 2. The molecule has 3 rings (SSSR count). The molecule has 0 bridgehead atoms. The largest absolute Gasteiger partial charge is 0.353 e. The molecule has 0 aliphatic heterocycles. The minimum Gasteiger partial charge on any atom is -0.353 e. The topological polar surface area (TPSA) is 58.2 Å². The summed E-state index contributed by atoms with van der Waals surface area (Å²) in [6.45, 7) is 0. The van der Waals surface area contributed by atoms with Gasteiger partial charge < -0.3 is 10.6 Å². The van der Waals surface area contributed by atoms with Crippen LogP contribution in [0.5, 0.6) is 0 Å². The first kappa shape index (κ1) is 15.5. The Morgan fingerprint density at radius 1 is 1.05 bits per heavy atom. The Labute approximate surface area is 139 Å². The molecule has 0 aromatic heterocycles. The van der Waals surface area contributed by atoms with Crippen molar-refractivity contribution < 1.29 is 9.59 Å². The molecule has 22 heavy (non-hydrogen) atoms. The van der Waals surface area contributed by atoms with Crippen LogP contribution in [0.4, 0.5) is 5.69 Å². The minimum absolute atomic E-state index is 0.0538. The van der Waals surface area contributed by atoms with Crippen molar-refractivity contribution in [2.24, 2.45) is 11.8 Å². The van der Waals surface area contributed by atoms with E-state index in [0.29, 0.717) is 12.5 Å². The van der Waals surface area contributed by atoms with Crippen LogP contribution >= 0.6 is 15.9 Å². The fraction of sp³-hybridized carbons (Fsp3) is 0.529. The molecule has 0 heterocycles. The lowest BCUT2D eigenvalue weighted by atomic mass is 9.95. The molecule has 2 amide bonds. The lowest BCUT2D eigenvalue weighted by Crippen LogP contribution is -2.37. The van der Waals surface area contributed by atoms with Gasteiger partial charge in [-0.15, -0.1) is 0 Å². The molecule has 2 fully saturated rings. The van der Waals surface area contributed by atoms with E-state index in [4.69, 9.17) is 0 Å². The molecule has 0 radical (unpaired) electrons. The van der Waals surface area contributed by atoms with E-state index in [-0.39, 0.29) is 23.7 Å².